The molecule has 1 rings (SSSR count). The number of hydrogen-bond acceptors (Lipinski definition) is 3. The fourth-order valence-corrected chi connectivity index (χ4v) is 1.77. The van der Waals surface area contributed by atoms with Crippen LogP contribution < -0.4 is 4.74 Å². The predicted molar refractivity (Wildman–Crippen MR) is 82.2 cm³/mol. The van der Waals surface area contributed by atoms with E-state index in [-0.39, 0.29) is 5.41 Å². The molecule has 0 radical (unpaired) electrons. The maximum Gasteiger partial charge on any atom is 0.264 e. The van der Waals surface area contributed by atoms with Gasteiger partial charge in [0.2, 0.25) is 0 Å². The summed E-state index contributed by atoms with van der Waals surface area (Å²) < 4.78 is 5.76. The molecule has 104 valence electrons. The summed E-state index contributed by atoms with van der Waals surface area (Å²) in [7, 11) is 3.68. The molecule has 0 aliphatic carbocycles. The van der Waals surface area contributed by atoms with E-state index in [1.807, 2.05) is 33.2 Å². The van der Waals surface area contributed by atoms with Crippen molar-refractivity contribution in [3.05, 3.63) is 28.8 Å². The molecule has 0 saturated carbocycles. The molecule has 1 aromatic rings. The lowest BCUT2D eigenvalue weighted by molar-refractivity contribution is 0.112. The first-order valence-electron chi connectivity index (χ1n) is 6.16. The molecule has 0 unspecified atom stereocenters. The van der Waals surface area contributed by atoms with E-state index in [1.54, 1.807) is 4.90 Å². The summed E-state index contributed by atoms with van der Waals surface area (Å²) in [4.78, 5) is 12.8. The Morgan fingerprint density at radius 2 is 1.89 bits per heavy atom. The number of hydrogen-bond donors (Lipinski definition) is 0. The molecule has 0 spiro atoms. The van der Waals surface area contributed by atoms with Crippen molar-refractivity contribution in [2.75, 3.05) is 14.1 Å². The number of aldehydes is 1. The monoisotopic (exact) mass is 279 g/mol. The first-order chi connectivity index (χ1) is 8.66. The number of carbonyl (C=O) groups is 1. The maximum atomic E-state index is 11.1. The normalized spacial score (nSPS) is 11.1. The molecule has 0 aliphatic rings. The van der Waals surface area contributed by atoms with Crippen LogP contribution in [0.1, 0.15) is 42.3 Å². The second-order valence-electron chi connectivity index (χ2n) is 5.84. The molecule has 0 atom stereocenters. The molecule has 0 fully saturated rings. The van der Waals surface area contributed by atoms with E-state index in [0.717, 1.165) is 17.4 Å². The SMILES string of the molecule is Cc1cc(OC(=S)N(C)C)c(C(C)(C)C)cc1C=O. The van der Waals surface area contributed by atoms with Crippen LogP contribution in [0.2, 0.25) is 0 Å². The van der Waals surface area contributed by atoms with Gasteiger partial charge < -0.3 is 9.64 Å². The van der Waals surface area contributed by atoms with E-state index in [0.29, 0.717) is 16.5 Å². The van der Waals surface area contributed by atoms with Gasteiger partial charge in [0, 0.05) is 25.2 Å². The third kappa shape index (κ3) is 3.77. The van der Waals surface area contributed by atoms with Crippen LogP contribution >= 0.6 is 12.2 Å². The molecule has 0 bridgehead atoms. The Morgan fingerprint density at radius 1 is 1.32 bits per heavy atom. The Bertz CT molecular complexity index is 502. The average Bonchev–Trinajstić information content (AvgIpc) is 2.27. The summed E-state index contributed by atoms with van der Waals surface area (Å²) in [6, 6.07) is 3.76. The van der Waals surface area contributed by atoms with E-state index < -0.39 is 0 Å². The zero-order valence-corrected chi connectivity index (χ0v) is 13.2. The van der Waals surface area contributed by atoms with Crippen molar-refractivity contribution in [2.24, 2.45) is 0 Å². The molecule has 0 amide bonds. The van der Waals surface area contributed by atoms with E-state index in [4.69, 9.17) is 17.0 Å². The molecule has 0 aliphatic heterocycles. The Hall–Kier alpha value is -1.42. The minimum Gasteiger partial charge on any atom is -0.431 e. The van der Waals surface area contributed by atoms with Gasteiger partial charge in [0.1, 0.15) is 12.0 Å². The van der Waals surface area contributed by atoms with Crippen molar-refractivity contribution in [1.29, 1.82) is 0 Å². The van der Waals surface area contributed by atoms with Crippen LogP contribution in [0, 0.1) is 6.92 Å². The highest BCUT2D eigenvalue weighted by Crippen LogP contribution is 2.33. The van der Waals surface area contributed by atoms with Crippen molar-refractivity contribution < 1.29 is 9.53 Å². The van der Waals surface area contributed by atoms with Crippen molar-refractivity contribution in [2.45, 2.75) is 33.1 Å². The highest BCUT2D eigenvalue weighted by molar-refractivity contribution is 7.80. The number of benzene rings is 1. The lowest BCUT2D eigenvalue weighted by Gasteiger charge is -2.25. The Morgan fingerprint density at radius 3 is 2.32 bits per heavy atom. The van der Waals surface area contributed by atoms with E-state index in [1.165, 1.54) is 0 Å². The quantitative estimate of drug-likeness (QED) is 0.613. The van der Waals surface area contributed by atoms with Gasteiger partial charge in [-0.05, 0) is 42.3 Å². The van der Waals surface area contributed by atoms with Gasteiger partial charge in [-0.1, -0.05) is 20.8 Å². The second-order valence-corrected chi connectivity index (χ2v) is 6.18. The summed E-state index contributed by atoms with van der Waals surface area (Å²) in [6.45, 7) is 8.13. The van der Waals surface area contributed by atoms with E-state index >= 15 is 0 Å². The third-order valence-electron chi connectivity index (χ3n) is 2.87. The molecule has 0 heterocycles. The zero-order valence-electron chi connectivity index (χ0n) is 12.4. The number of rotatable bonds is 2. The molecule has 3 nitrogen and oxygen atoms in total. The van der Waals surface area contributed by atoms with Crippen LogP contribution in [0.15, 0.2) is 12.1 Å². The standard InChI is InChI=1S/C15H21NO2S/c1-10-7-13(18-14(19)16(5)6)12(15(2,3)4)8-11(10)9-17/h7-9H,1-6H3. The van der Waals surface area contributed by atoms with Crippen molar-refractivity contribution in [1.82, 2.24) is 4.90 Å². The molecule has 19 heavy (non-hydrogen) atoms. The lowest BCUT2D eigenvalue weighted by Crippen LogP contribution is -2.26. The van der Waals surface area contributed by atoms with Gasteiger partial charge in [-0.15, -0.1) is 0 Å². The maximum absolute atomic E-state index is 11.1. The summed E-state index contributed by atoms with van der Waals surface area (Å²) in [5.41, 5.74) is 2.43. The van der Waals surface area contributed by atoms with Gasteiger partial charge in [-0.25, -0.2) is 0 Å². The molecule has 1 aromatic carbocycles. The topological polar surface area (TPSA) is 29.5 Å². The second kappa shape index (κ2) is 5.70. The largest absolute Gasteiger partial charge is 0.431 e. The molecule has 0 saturated heterocycles. The van der Waals surface area contributed by atoms with E-state index in [9.17, 15) is 4.79 Å². The van der Waals surface area contributed by atoms with Crippen LogP contribution in [-0.4, -0.2) is 30.5 Å². The summed E-state index contributed by atoms with van der Waals surface area (Å²) in [5.74, 6) is 0.717. The van der Waals surface area contributed by atoms with Crippen LogP contribution in [-0.2, 0) is 5.41 Å². The third-order valence-corrected chi connectivity index (χ3v) is 3.31. The van der Waals surface area contributed by atoms with Gasteiger partial charge in [0.15, 0.2) is 0 Å². The number of ether oxygens (including phenoxy) is 1. The van der Waals surface area contributed by atoms with Crippen molar-refractivity contribution >= 4 is 23.7 Å². The fourth-order valence-electron chi connectivity index (χ4n) is 1.68. The zero-order chi connectivity index (χ0) is 14.8. The van der Waals surface area contributed by atoms with Crippen LogP contribution in [0.4, 0.5) is 0 Å². The highest BCUT2D eigenvalue weighted by Gasteiger charge is 2.22. The molecular weight excluding hydrogens is 258 g/mol. The minimum absolute atomic E-state index is 0.122. The van der Waals surface area contributed by atoms with E-state index in [2.05, 4.69) is 20.8 Å². The Labute approximate surface area is 120 Å². The van der Waals surface area contributed by atoms with Gasteiger partial charge >= 0.3 is 0 Å². The predicted octanol–water partition coefficient (Wildman–Crippen LogP) is 3.33. The first-order valence-corrected chi connectivity index (χ1v) is 6.57. The average molecular weight is 279 g/mol. The summed E-state index contributed by atoms with van der Waals surface area (Å²) in [5, 5.41) is 0.406. The minimum atomic E-state index is -0.122. The van der Waals surface area contributed by atoms with Crippen LogP contribution in [0.5, 0.6) is 5.75 Å². The van der Waals surface area contributed by atoms with Crippen molar-refractivity contribution in [3.8, 4) is 5.75 Å². The molecule has 0 aromatic heterocycles. The Kier molecular flexibility index (Phi) is 4.69. The van der Waals surface area contributed by atoms with Crippen LogP contribution in [0.25, 0.3) is 0 Å². The van der Waals surface area contributed by atoms with Gasteiger partial charge in [-0.3, -0.25) is 4.79 Å². The van der Waals surface area contributed by atoms with Gasteiger partial charge in [0.25, 0.3) is 5.17 Å². The fraction of sp³-hybridized carbons (Fsp3) is 0.467. The van der Waals surface area contributed by atoms with Gasteiger partial charge in [0.05, 0.1) is 0 Å². The molecule has 4 heteroatoms. The number of aryl methyl sites for hydroxylation is 1. The van der Waals surface area contributed by atoms with Crippen LogP contribution in [0.3, 0.4) is 0 Å². The number of carbonyl (C=O) groups excluding carboxylic acids is 1. The first kappa shape index (κ1) is 15.6. The number of thiocarbonyl (C=S) groups is 1. The summed E-state index contributed by atoms with van der Waals surface area (Å²) in [6.07, 6.45) is 0.874. The smallest absolute Gasteiger partial charge is 0.264 e. The number of nitrogens with zero attached hydrogens (tertiary/aromatic N) is 1. The van der Waals surface area contributed by atoms with Crippen molar-refractivity contribution in [3.63, 3.8) is 0 Å². The summed E-state index contributed by atoms with van der Waals surface area (Å²) >= 11 is 5.18. The lowest BCUT2D eigenvalue weighted by atomic mass is 9.84. The Balaban J connectivity index is 3.33. The highest BCUT2D eigenvalue weighted by atomic mass is 32.1. The molecular formula is C15H21NO2S. The van der Waals surface area contributed by atoms with Gasteiger partial charge in [-0.2, -0.15) is 0 Å². The molecule has 0 N–H and O–H groups in total.